The summed E-state index contributed by atoms with van der Waals surface area (Å²) in [4.78, 5) is 24.7. The van der Waals surface area contributed by atoms with E-state index in [1.165, 1.54) is 4.57 Å². The molecule has 2 aromatic carbocycles. The first-order valence-corrected chi connectivity index (χ1v) is 7.10. The number of hydrogen-bond donors (Lipinski definition) is 1. The number of carbonyl (C=O) groups is 1. The Morgan fingerprint density at radius 2 is 1.77 bits per heavy atom. The van der Waals surface area contributed by atoms with Gasteiger partial charge in [-0.2, -0.15) is 0 Å². The Labute approximate surface area is 132 Å². The molecule has 1 amide bonds. The van der Waals surface area contributed by atoms with Gasteiger partial charge < -0.3 is 9.88 Å². The van der Waals surface area contributed by atoms with E-state index in [1.807, 2.05) is 24.3 Å². The van der Waals surface area contributed by atoms with Crippen LogP contribution >= 0.6 is 11.6 Å². The van der Waals surface area contributed by atoms with E-state index >= 15 is 0 Å². The Morgan fingerprint density at radius 3 is 2.50 bits per heavy atom. The minimum atomic E-state index is -0.436. The molecule has 0 aliphatic heterocycles. The molecule has 0 aliphatic rings. The highest BCUT2D eigenvalue weighted by Gasteiger charge is 2.14. The van der Waals surface area contributed by atoms with E-state index in [4.69, 9.17) is 11.6 Å². The van der Waals surface area contributed by atoms with Gasteiger partial charge >= 0.3 is 0 Å². The number of pyridine rings is 1. The maximum atomic E-state index is 12.4. The highest BCUT2D eigenvalue weighted by Crippen LogP contribution is 2.16. The zero-order valence-electron chi connectivity index (χ0n) is 11.8. The summed E-state index contributed by atoms with van der Waals surface area (Å²) in [6.07, 6.45) is 0. The fourth-order valence-corrected chi connectivity index (χ4v) is 2.44. The van der Waals surface area contributed by atoms with Crippen molar-refractivity contribution in [2.75, 3.05) is 5.32 Å². The average molecular weight is 313 g/mol. The van der Waals surface area contributed by atoms with Crippen molar-refractivity contribution < 1.29 is 4.79 Å². The van der Waals surface area contributed by atoms with Crippen molar-refractivity contribution in [3.05, 3.63) is 75.5 Å². The van der Waals surface area contributed by atoms with E-state index in [0.717, 1.165) is 10.9 Å². The summed E-state index contributed by atoms with van der Waals surface area (Å²) in [7, 11) is 1.66. The van der Waals surface area contributed by atoms with Crippen LogP contribution in [0.2, 0.25) is 5.02 Å². The van der Waals surface area contributed by atoms with Crippen molar-refractivity contribution in [1.82, 2.24) is 4.57 Å². The molecule has 0 saturated heterocycles. The van der Waals surface area contributed by atoms with Crippen LogP contribution in [-0.2, 0) is 7.05 Å². The van der Waals surface area contributed by atoms with E-state index in [0.29, 0.717) is 10.7 Å². The van der Waals surface area contributed by atoms with Gasteiger partial charge in [-0.15, -0.1) is 0 Å². The van der Waals surface area contributed by atoms with Gasteiger partial charge in [0.05, 0.1) is 5.52 Å². The molecule has 110 valence electrons. The van der Waals surface area contributed by atoms with Crippen molar-refractivity contribution in [3.8, 4) is 0 Å². The summed E-state index contributed by atoms with van der Waals surface area (Å²) in [6, 6.07) is 15.8. The number of nitrogens with one attached hydrogen (secondary N) is 1. The number of fused-ring (bicyclic) bond motifs is 1. The van der Waals surface area contributed by atoms with Gasteiger partial charge in [0.15, 0.2) is 0 Å². The van der Waals surface area contributed by atoms with Gasteiger partial charge in [0.2, 0.25) is 0 Å². The molecule has 0 spiro atoms. The summed E-state index contributed by atoms with van der Waals surface area (Å²) in [5, 5.41) is 4.13. The zero-order chi connectivity index (χ0) is 15.7. The van der Waals surface area contributed by atoms with E-state index < -0.39 is 5.91 Å². The van der Waals surface area contributed by atoms with Crippen molar-refractivity contribution in [2.45, 2.75) is 0 Å². The molecule has 4 nitrogen and oxygen atoms in total. The molecule has 0 aliphatic carbocycles. The number of benzene rings is 2. The maximum Gasteiger partial charge on any atom is 0.263 e. The number of para-hydroxylation sites is 1. The molecule has 0 fully saturated rings. The highest BCUT2D eigenvalue weighted by molar-refractivity contribution is 6.30. The van der Waals surface area contributed by atoms with E-state index in [2.05, 4.69) is 5.32 Å². The SMILES string of the molecule is Cn1c(=O)c(C(=O)Nc2ccc(Cl)cc2)cc2ccccc21. The smallest absolute Gasteiger partial charge is 0.263 e. The Hall–Kier alpha value is -2.59. The Bertz CT molecular complexity index is 914. The minimum Gasteiger partial charge on any atom is -0.322 e. The van der Waals surface area contributed by atoms with Crippen LogP contribution in [0.4, 0.5) is 5.69 Å². The molecule has 0 bridgehead atoms. The van der Waals surface area contributed by atoms with Gasteiger partial charge in [-0.3, -0.25) is 9.59 Å². The summed E-state index contributed by atoms with van der Waals surface area (Å²) in [6.45, 7) is 0. The fraction of sp³-hybridized carbons (Fsp3) is 0.0588. The molecule has 1 aromatic heterocycles. The zero-order valence-corrected chi connectivity index (χ0v) is 12.6. The van der Waals surface area contributed by atoms with Gasteiger partial charge in [0.1, 0.15) is 5.56 Å². The molecule has 5 heteroatoms. The van der Waals surface area contributed by atoms with Crippen LogP contribution in [0.3, 0.4) is 0 Å². The summed E-state index contributed by atoms with van der Waals surface area (Å²) < 4.78 is 1.48. The third kappa shape index (κ3) is 2.61. The average Bonchev–Trinajstić information content (AvgIpc) is 2.53. The minimum absolute atomic E-state index is 0.108. The van der Waals surface area contributed by atoms with E-state index in [1.54, 1.807) is 37.4 Å². The second-order valence-corrected chi connectivity index (χ2v) is 5.38. The number of aromatic nitrogens is 1. The molecule has 3 rings (SSSR count). The first-order valence-electron chi connectivity index (χ1n) is 6.72. The molecule has 1 N–H and O–H groups in total. The summed E-state index contributed by atoms with van der Waals surface area (Å²) in [5.74, 6) is -0.436. The normalized spacial score (nSPS) is 10.6. The molecular formula is C17H13ClN2O2. The van der Waals surface area contributed by atoms with Gasteiger partial charge in [-0.05, 0) is 41.8 Å². The fourth-order valence-electron chi connectivity index (χ4n) is 2.32. The quantitative estimate of drug-likeness (QED) is 0.788. The number of aryl methyl sites for hydroxylation is 1. The van der Waals surface area contributed by atoms with Crippen LogP contribution in [0.15, 0.2) is 59.4 Å². The van der Waals surface area contributed by atoms with Crippen molar-refractivity contribution in [3.63, 3.8) is 0 Å². The second kappa shape index (κ2) is 5.66. The largest absolute Gasteiger partial charge is 0.322 e. The number of amides is 1. The monoisotopic (exact) mass is 312 g/mol. The summed E-state index contributed by atoms with van der Waals surface area (Å²) in [5.41, 5.74) is 1.15. The second-order valence-electron chi connectivity index (χ2n) is 4.94. The number of hydrogen-bond acceptors (Lipinski definition) is 2. The predicted octanol–water partition coefficient (Wildman–Crippen LogP) is 3.44. The summed E-state index contributed by atoms with van der Waals surface area (Å²) >= 11 is 5.81. The van der Waals surface area contributed by atoms with Crippen LogP contribution in [0.25, 0.3) is 10.9 Å². The van der Waals surface area contributed by atoms with Gasteiger partial charge in [0.25, 0.3) is 11.5 Å². The first-order chi connectivity index (χ1) is 10.6. The molecule has 22 heavy (non-hydrogen) atoms. The van der Waals surface area contributed by atoms with Gasteiger partial charge in [0, 0.05) is 17.8 Å². The lowest BCUT2D eigenvalue weighted by molar-refractivity contribution is 0.102. The standard InChI is InChI=1S/C17H13ClN2O2/c1-20-15-5-3-2-4-11(15)10-14(17(20)22)16(21)19-13-8-6-12(18)7-9-13/h2-10H,1H3,(H,19,21). The molecule has 0 atom stereocenters. The maximum absolute atomic E-state index is 12.4. The van der Waals surface area contributed by atoms with Crippen LogP contribution in [-0.4, -0.2) is 10.5 Å². The topological polar surface area (TPSA) is 51.1 Å². The molecular weight excluding hydrogens is 300 g/mol. The number of rotatable bonds is 2. The number of nitrogens with zero attached hydrogens (tertiary/aromatic N) is 1. The lowest BCUT2D eigenvalue weighted by atomic mass is 10.1. The molecule has 0 unspecified atom stereocenters. The van der Waals surface area contributed by atoms with Gasteiger partial charge in [-0.1, -0.05) is 29.8 Å². The van der Waals surface area contributed by atoms with Crippen molar-refractivity contribution in [2.24, 2.45) is 7.05 Å². The predicted molar refractivity (Wildman–Crippen MR) is 88.6 cm³/mol. The van der Waals surface area contributed by atoms with Crippen LogP contribution < -0.4 is 10.9 Å². The molecule has 3 aromatic rings. The molecule has 0 radical (unpaired) electrons. The molecule has 1 heterocycles. The number of carbonyl (C=O) groups excluding carboxylic acids is 1. The third-order valence-corrected chi connectivity index (χ3v) is 3.73. The third-order valence-electron chi connectivity index (χ3n) is 3.48. The van der Waals surface area contributed by atoms with Crippen LogP contribution in [0.1, 0.15) is 10.4 Å². The number of halogens is 1. The van der Waals surface area contributed by atoms with Crippen molar-refractivity contribution >= 4 is 34.1 Å². The lowest BCUT2D eigenvalue weighted by Crippen LogP contribution is -2.27. The Morgan fingerprint density at radius 1 is 1.09 bits per heavy atom. The Kier molecular flexibility index (Phi) is 3.69. The van der Waals surface area contributed by atoms with Crippen molar-refractivity contribution in [1.29, 1.82) is 0 Å². The first kappa shape index (κ1) is 14.4. The lowest BCUT2D eigenvalue weighted by Gasteiger charge is -2.09. The Balaban J connectivity index is 2.02. The van der Waals surface area contributed by atoms with E-state index in [9.17, 15) is 9.59 Å². The highest BCUT2D eigenvalue weighted by atomic mass is 35.5. The van der Waals surface area contributed by atoms with E-state index in [-0.39, 0.29) is 11.1 Å². The van der Waals surface area contributed by atoms with Crippen LogP contribution in [0, 0.1) is 0 Å². The van der Waals surface area contributed by atoms with Crippen LogP contribution in [0.5, 0.6) is 0 Å². The molecule has 0 saturated carbocycles. The number of anilines is 1. The van der Waals surface area contributed by atoms with Gasteiger partial charge in [-0.25, -0.2) is 0 Å².